The van der Waals surface area contributed by atoms with Crippen molar-refractivity contribution in [2.45, 2.75) is 0 Å². The molecule has 0 aliphatic heterocycles. The Bertz CT molecular complexity index is 556. The standard InChI is InChI=1S/C18H16O2/c1-2-18(19)20-14-13-17(15-9-5-3-6-10-15)16-11-7-4-8-12-16/h2-13H,1,14H2. The van der Waals surface area contributed by atoms with Crippen molar-refractivity contribution in [3.63, 3.8) is 0 Å². The number of rotatable bonds is 5. The maximum absolute atomic E-state index is 11.1. The average molecular weight is 264 g/mol. The van der Waals surface area contributed by atoms with Crippen molar-refractivity contribution in [2.75, 3.05) is 6.61 Å². The molecule has 2 aromatic carbocycles. The third kappa shape index (κ3) is 3.69. The Kier molecular flexibility index (Phi) is 4.90. The molecule has 0 radical (unpaired) electrons. The third-order valence-electron chi connectivity index (χ3n) is 2.85. The summed E-state index contributed by atoms with van der Waals surface area (Å²) in [4.78, 5) is 11.1. The van der Waals surface area contributed by atoms with Gasteiger partial charge < -0.3 is 4.74 Å². The normalized spacial score (nSPS) is 9.60. The van der Waals surface area contributed by atoms with E-state index >= 15 is 0 Å². The molecule has 0 aliphatic carbocycles. The summed E-state index contributed by atoms with van der Waals surface area (Å²) in [5, 5.41) is 0. The van der Waals surface area contributed by atoms with Crippen LogP contribution in [0.15, 0.2) is 79.4 Å². The molecule has 20 heavy (non-hydrogen) atoms. The van der Waals surface area contributed by atoms with E-state index in [2.05, 4.69) is 6.58 Å². The number of carbonyl (C=O) groups is 1. The minimum atomic E-state index is -0.415. The first kappa shape index (κ1) is 13.8. The highest BCUT2D eigenvalue weighted by molar-refractivity contribution is 5.82. The van der Waals surface area contributed by atoms with Gasteiger partial charge in [0.2, 0.25) is 0 Å². The van der Waals surface area contributed by atoms with E-state index in [1.54, 1.807) is 0 Å². The molecule has 0 amide bonds. The van der Waals surface area contributed by atoms with Crippen LogP contribution in [0.2, 0.25) is 0 Å². The van der Waals surface area contributed by atoms with E-state index in [9.17, 15) is 4.79 Å². The largest absolute Gasteiger partial charge is 0.458 e. The predicted octanol–water partition coefficient (Wildman–Crippen LogP) is 3.85. The third-order valence-corrected chi connectivity index (χ3v) is 2.85. The number of hydrogen-bond donors (Lipinski definition) is 0. The van der Waals surface area contributed by atoms with E-state index in [0.29, 0.717) is 0 Å². The van der Waals surface area contributed by atoms with Gasteiger partial charge in [-0.2, -0.15) is 0 Å². The first-order chi connectivity index (χ1) is 9.81. The van der Waals surface area contributed by atoms with Crippen molar-refractivity contribution in [1.29, 1.82) is 0 Å². The highest BCUT2D eigenvalue weighted by atomic mass is 16.5. The van der Waals surface area contributed by atoms with Gasteiger partial charge in [-0.1, -0.05) is 67.2 Å². The Morgan fingerprint density at radius 2 is 1.45 bits per heavy atom. The van der Waals surface area contributed by atoms with Gasteiger partial charge in [0.1, 0.15) is 6.61 Å². The molecule has 0 spiro atoms. The zero-order valence-electron chi connectivity index (χ0n) is 11.2. The van der Waals surface area contributed by atoms with Gasteiger partial charge >= 0.3 is 5.97 Å². The fourth-order valence-corrected chi connectivity index (χ4v) is 1.90. The van der Waals surface area contributed by atoms with Gasteiger partial charge in [-0.15, -0.1) is 0 Å². The maximum Gasteiger partial charge on any atom is 0.330 e. The fourth-order valence-electron chi connectivity index (χ4n) is 1.90. The second-order valence-corrected chi connectivity index (χ2v) is 4.18. The van der Waals surface area contributed by atoms with Crippen molar-refractivity contribution < 1.29 is 9.53 Å². The molecule has 0 aliphatic rings. The number of benzene rings is 2. The van der Waals surface area contributed by atoms with Gasteiger partial charge in [0.25, 0.3) is 0 Å². The highest BCUT2D eigenvalue weighted by Crippen LogP contribution is 2.22. The second kappa shape index (κ2) is 7.10. The summed E-state index contributed by atoms with van der Waals surface area (Å²) in [6.07, 6.45) is 3.07. The molecular formula is C18H16O2. The van der Waals surface area contributed by atoms with E-state index in [1.807, 2.05) is 66.7 Å². The molecule has 0 aromatic heterocycles. The van der Waals surface area contributed by atoms with Crippen LogP contribution in [0, 0.1) is 0 Å². The maximum atomic E-state index is 11.1. The smallest absolute Gasteiger partial charge is 0.330 e. The SMILES string of the molecule is C=CC(=O)OCC=C(c1ccccc1)c1ccccc1. The molecule has 2 heteroatoms. The van der Waals surface area contributed by atoms with Crippen molar-refractivity contribution in [2.24, 2.45) is 0 Å². The van der Waals surface area contributed by atoms with Crippen LogP contribution in [0.3, 0.4) is 0 Å². The van der Waals surface area contributed by atoms with Crippen LogP contribution in [-0.4, -0.2) is 12.6 Å². The van der Waals surface area contributed by atoms with Crippen LogP contribution < -0.4 is 0 Å². The second-order valence-electron chi connectivity index (χ2n) is 4.18. The highest BCUT2D eigenvalue weighted by Gasteiger charge is 2.04. The van der Waals surface area contributed by atoms with Crippen molar-refractivity contribution in [3.8, 4) is 0 Å². The fraction of sp³-hybridized carbons (Fsp3) is 0.0556. The lowest BCUT2D eigenvalue weighted by atomic mass is 9.98. The Hall–Kier alpha value is -2.61. The molecule has 2 nitrogen and oxygen atoms in total. The molecule has 0 fully saturated rings. The lowest BCUT2D eigenvalue weighted by Crippen LogP contribution is -2.00. The van der Waals surface area contributed by atoms with Gasteiger partial charge in [0.05, 0.1) is 0 Å². The van der Waals surface area contributed by atoms with Gasteiger partial charge in [0.15, 0.2) is 0 Å². The van der Waals surface area contributed by atoms with Crippen LogP contribution in [0.1, 0.15) is 11.1 Å². The summed E-state index contributed by atoms with van der Waals surface area (Å²) in [6.45, 7) is 3.61. The number of esters is 1. The van der Waals surface area contributed by atoms with E-state index in [4.69, 9.17) is 4.74 Å². The number of carbonyl (C=O) groups excluding carboxylic acids is 1. The summed E-state index contributed by atoms with van der Waals surface area (Å²) >= 11 is 0. The summed E-state index contributed by atoms with van der Waals surface area (Å²) in [5.74, 6) is -0.415. The lowest BCUT2D eigenvalue weighted by Gasteiger charge is -2.08. The van der Waals surface area contributed by atoms with Crippen LogP contribution in [0.25, 0.3) is 5.57 Å². The molecule has 0 bridgehead atoms. The van der Waals surface area contributed by atoms with Crippen LogP contribution in [-0.2, 0) is 9.53 Å². The first-order valence-corrected chi connectivity index (χ1v) is 6.41. The molecule has 100 valence electrons. The number of hydrogen-bond acceptors (Lipinski definition) is 2. The van der Waals surface area contributed by atoms with Gasteiger partial charge in [-0.25, -0.2) is 4.79 Å². The zero-order chi connectivity index (χ0) is 14.2. The van der Waals surface area contributed by atoms with Gasteiger partial charge in [0, 0.05) is 6.08 Å². The minimum Gasteiger partial charge on any atom is -0.458 e. The van der Waals surface area contributed by atoms with E-state index in [1.165, 1.54) is 6.08 Å². The summed E-state index contributed by atoms with van der Waals surface area (Å²) < 4.78 is 5.03. The quantitative estimate of drug-likeness (QED) is 0.605. The summed E-state index contributed by atoms with van der Waals surface area (Å²) in [6, 6.07) is 20.0. The molecule has 2 rings (SSSR count). The Morgan fingerprint density at radius 3 is 1.90 bits per heavy atom. The zero-order valence-corrected chi connectivity index (χ0v) is 11.2. The van der Waals surface area contributed by atoms with Crippen LogP contribution in [0.5, 0.6) is 0 Å². The van der Waals surface area contributed by atoms with Crippen molar-refractivity contribution in [3.05, 3.63) is 90.5 Å². The van der Waals surface area contributed by atoms with Crippen LogP contribution in [0.4, 0.5) is 0 Å². The summed E-state index contributed by atoms with van der Waals surface area (Å²) in [5.41, 5.74) is 3.23. The minimum absolute atomic E-state index is 0.226. The molecular weight excluding hydrogens is 248 g/mol. The van der Waals surface area contributed by atoms with E-state index in [-0.39, 0.29) is 6.61 Å². The monoisotopic (exact) mass is 264 g/mol. The predicted molar refractivity (Wildman–Crippen MR) is 81.1 cm³/mol. The lowest BCUT2D eigenvalue weighted by molar-refractivity contribution is -0.136. The van der Waals surface area contributed by atoms with Gasteiger partial charge in [-0.3, -0.25) is 0 Å². The molecule has 0 saturated carbocycles. The van der Waals surface area contributed by atoms with E-state index < -0.39 is 5.97 Å². The average Bonchev–Trinajstić information content (AvgIpc) is 2.53. The van der Waals surface area contributed by atoms with Gasteiger partial charge in [-0.05, 0) is 22.8 Å². The molecule has 0 N–H and O–H groups in total. The molecule has 0 unspecified atom stereocenters. The molecule has 0 saturated heterocycles. The molecule has 2 aromatic rings. The van der Waals surface area contributed by atoms with Crippen molar-refractivity contribution in [1.82, 2.24) is 0 Å². The Morgan fingerprint density at radius 1 is 0.950 bits per heavy atom. The van der Waals surface area contributed by atoms with E-state index in [0.717, 1.165) is 16.7 Å². The first-order valence-electron chi connectivity index (χ1n) is 6.41. The summed E-state index contributed by atoms with van der Waals surface area (Å²) in [7, 11) is 0. The number of ether oxygens (including phenoxy) is 1. The topological polar surface area (TPSA) is 26.3 Å². The molecule has 0 atom stereocenters. The Labute approximate surface area is 119 Å². The Balaban J connectivity index is 2.28. The van der Waals surface area contributed by atoms with Crippen molar-refractivity contribution >= 4 is 11.5 Å². The molecule has 0 heterocycles. The van der Waals surface area contributed by atoms with Crippen LogP contribution >= 0.6 is 0 Å².